The van der Waals surface area contributed by atoms with Crippen LogP contribution in [0.2, 0.25) is 5.02 Å². The summed E-state index contributed by atoms with van der Waals surface area (Å²) in [6, 6.07) is 14.0. The van der Waals surface area contributed by atoms with Gasteiger partial charge in [-0.05, 0) is 42.0 Å². The summed E-state index contributed by atoms with van der Waals surface area (Å²) < 4.78 is 2.99. The van der Waals surface area contributed by atoms with Gasteiger partial charge in [0.05, 0.1) is 16.1 Å². The summed E-state index contributed by atoms with van der Waals surface area (Å²) in [7, 11) is 0. The van der Waals surface area contributed by atoms with Gasteiger partial charge in [-0.2, -0.15) is 4.57 Å². The predicted octanol–water partition coefficient (Wildman–Crippen LogP) is 4.36. The average molecular weight is 504 g/mol. The normalized spacial score (nSPS) is 14.9. The van der Waals surface area contributed by atoms with Crippen LogP contribution in [-0.2, 0) is 6.54 Å². The van der Waals surface area contributed by atoms with Crippen LogP contribution in [0.5, 0.6) is 0 Å². The van der Waals surface area contributed by atoms with Crippen LogP contribution in [-0.4, -0.2) is 24.9 Å². The fraction of sp³-hybridized carbons (Fsp3) is 0.174. The van der Waals surface area contributed by atoms with Crippen LogP contribution in [0.1, 0.15) is 5.56 Å². The van der Waals surface area contributed by atoms with Crippen molar-refractivity contribution in [1.82, 2.24) is 0 Å². The first kappa shape index (κ1) is 21.4. The van der Waals surface area contributed by atoms with Crippen molar-refractivity contribution in [2.45, 2.75) is 11.4 Å². The number of aliphatic hydroxyl groups is 1. The van der Waals surface area contributed by atoms with Crippen molar-refractivity contribution in [3.05, 3.63) is 80.9 Å². The summed E-state index contributed by atoms with van der Waals surface area (Å²) in [4.78, 5) is 3.22. The van der Waals surface area contributed by atoms with E-state index < -0.39 is 0 Å². The molecule has 0 spiro atoms. The minimum absolute atomic E-state index is 0.0665. The van der Waals surface area contributed by atoms with Crippen LogP contribution >= 0.6 is 39.3 Å². The fourth-order valence-corrected chi connectivity index (χ4v) is 5.13. The number of aliphatic hydroxyl groups excluding tert-OH is 1. The summed E-state index contributed by atoms with van der Waals surface area (Å²) in [6.07, 6.45) is 8.08. The second kappa shape index (κ2) is 9.54. The van der Waals surface area contributed by atoms with Crippen LogP contribution in [0, 0.1) is 0 Å². The number of halogens is 2. The number of benzene rings is 2. The van der Waals surface area contributed by atoms with E-state index in [4.69, 9.17) is 11.6 Å². The van der Waals surface area contributed by atoms with Gasteiger partial charge in [0.25, 0.3) is 0 Å². The first-order chi connectivity index (χ1) is 14.6. The average Bonchev–Trinajstić information content (AvgIpc) is 3.06. The molecule has 0 radical (unpaired) electrons. The van der Waals surface area contributed by atoms with Crippen molar-refractivity contribution in [3.63, 3.8) is 0 Å². The Bertz CT molecular complexity index is 1150. The molecule has 1 aliphatic rings. The molecule has 0 aliphatic carbocycles. The van der Waals surface area contributed by atoms with Crippen molar-refractivity contribution in [3.8, 4) is 0 Å². The molecule has 0 amide bonds. The van der Waals surface area contributed by atoms with Crippen LogP contribution in [0.4, 0.5) is 5.69 Å². The van der Waals surface area contributed by atoms with Gasteiger partial charge in [-0.25, -0.2) is 0 Å². The van der Waals surface area contributed by atoms with E-state index in [1.54, 1.807) is 11.8 Å². The monoisotopic (exact) mass is 502 g/mol. The molecule has 2 aromatic carbocycles. The Kier molecular flexibility index (Phi) is 6.80. The molecule has 154 valence electrons. The number of thioether (sulfide) groups is 1. The zero-order valence-corrected chi connectivity index (χ0v) is 19.3. The van der Waals surface area contributed by atoms with E-state index in [1.165, 1.54) is 0 Å². The number of anilines is 1. The van der Waals surface area contributed by atoms with Crippen molar-refractivity contribution in [2.24, 2.45) is 0 Å². The van der Waals surface area contributed by atoms with Gasteiger partial charge in [-0.1, -0.05) is 51.4 Å². The zero-order chi connectivity index (χ0) is 21.1. The second-order valence-electron chi connectivity index (χ2n) is 6.78. The number of pyridine rings is 1. The Morgan fingerprint density at radius 3 is 2.87 bits per heavy atom. The van der Waals surface area contributed by atoms with Crippen LogP contribution in [0.25, 0.3) is 17.0 Å². The quantitative estimate of drug-likeness (QED) is 0.508. The Balaban J connectivity index is 1.66. The number of aromatic nitrogens is 1. The van der Waals surface area contributed by atoms with E-state index in [0.29, 0.717) is 18.1 Å². The summed E-state index contributed by atoms with van der Waals surface area (Å²) in [6.45, 7) is 0.850. The van der Waals surface area contributed by atoms with Gasteiger partial charge in [0.1, 0.15) is 6.61 Å². The van der Waals surface area contributed by atoms with E-state index in [-0.39, 0.29) is 13.2 Å². The summed E-state index contributed by atoms with van der Waals surface area (Å²) in [5, 5.41) is 23.4. The molecule has 1 N–H and O–H groups in total. The number of nitrogens with zero attached hydrogens (tertiary/aromatic N) is 2. The van der Waals surface area contributed by atoms with E-state index in [0.717, 1.165) is 36.6 Å². The summed E-state index contributed by atoms with van der Waals surface area (Å²) in [5.74, 6) is 0. The highest BCUT2D eigenvalue weighted by Crippen LogP contribution is 2.46. The second-order valence-corrected chi connectivity index (χ2v) is 9.20. The third-order valence-electron chi connectivity index (χ3n) is 4.88. The Morgan fingerprint density at radius 1 is 1.20 bits per heavy atom. The molecule has 4 nitrogen and oxygen atoms in total. The molecular formula is C23H20BrClN2O2S. The minimum Gasteiger partial charge on any atom is -0.853 e. The summed E-state index contributed by atoms with van der Waals surface area (Å²) in [5.41, 5.74) is 3.10. The van der Waals surface area contributed by atoms with Crippen molar-refractivity contribution < 1.29 is 14.8 Å². The van der Waals surface area contributed by atoms with E-state index in [2.05, 4.69) is 39.0 Å². The number of rotatable bonds is 6. The van der Waals surface area contributed by atoms with Gasteiger partial charge in [0.15, 0.2) is 12.7 Å². The minimum atomic E-state index is -0.164. The van der Waals surface area contributed by atoms with Gasteiger partial charge >= 0.3 is 0 Å². The molecule has 1 aromatic heterocycles. The van der Waals surface area contributed by atoms with Gasteiger partial charge in [-0.3, -0.25) is 0 Å². The lowest BCUT2D eigenvalue weighted by Gasteiger charge is -2.22. The van der Waals surface area contributed by atoms with Gasteiger partial charge in [0.2, 0.25) is 5.52 Å². The lowest BCUT2D eigenvalue weighted by molar-refractivity contribution is -0.672. The Hall–Kier alpha value is -1.83. The molecule has 2 heterocycles. The lowest BCUT2D eigenvalue weighted by Crippen LogP contribution is -2.36. The lowest BCUT2D eigenvalue weighted by atomic mass is 10.1. The maximum atomic E-state index is 11.3. The number of hydrogen-bond acceptors (Lipinski definition) is 4. The van der Waals surface area contributed by atoms with Gasteiger partial charge < -0.3 is 15.1 Å². The highest BCUT2D eigenvalue weighted by molar-refractivity contribution is 9.10. The van der Waals surface area contributed by atoms with Crippen LogP contribution < -0.4 is 14.6 Å². The third kappa shape index (κ3) is 4.43. The first-order valence-corrected chi connectivity index (χ1v) is 11.5. The van der Waals surface area contributed by atoms with E-state index >= 15 is 0 Å². The highest BCUT2D eigenvalue weighted by Gasteiger charge is 2.23. The standard InChI is InChI=1S/C23H20BrClN2O2S/c24-17-4-7-22-21(14-17)27(11-13-29)23(30-22)3-1-2-16-8-9-26(10-12-28)20-15-18(25)5-6-19(16)20/h1-9,14-15,28H,10-13H2. The number of hydrogen-bond donors (Lipinski definition) is 1. The fourth-order valence-electron chi connectivity index (χ4n) is 3.53. The van der Waals surface area contributed by atoms with Crippen LogP contribution in [0.15, 0.2) is 75.2 Å². The van der Waals surface area contributed by atoms with Crippen molar-refractivity contribution in [1.29, 1.82) is 0 Å². The molecule has 0 bridgehead atoms. The smallest absolute Gasteiger partial charge is 0.214 e. The van der Waals surface area contributed by atoms with Gasteiger partial charge in [0, 0.05) is 33.1 Å². The molecule has 1 aliphatic heterocycles. The summed E-state index contributed by atoms with van der Waals surface area (Å²) >= 11 is 11.4. The Labute approximate surface area is 193 Å². The van der Waals surface area contributed by atoms with Crippen molar-refractivity contribution in [2.75, 3.05) is 24.7 Å². The van der Waals surface area contributed by atoms with E-state index in [9.17, 15) is 10.2 Å². The predicted molar refractivity (Wildman–Crippen MR) is 126 cm³/mol. The topological polar surface area (TPSA) is 50.4 Å². The first-order valence-electron chi connectivity index (χ1n) is 9.54. The zero-order valence-electron chi connectivity index (χ0n) is 16.1. The van der Waals surface area contributed by atoms with E-state index in [1.807, 2.05) is 53.2 Å². The molecule has 0 atom stereocenters. The maximum absolute atomic E-state index is 11.3. The van der Waals surface area contributed by atoms with Crippen LogP contribution in [0.3, 0.4) is 0 Å². The van der Waals surface area contributed by atoms with Gasteiger partial charge in [-0.15, -0.1) is 6.61 Å². The molecular weight excluding hydrogens is 484 g/mol. The molecule has 30 heavy (non-hydrogen) atoms. The maximum Gasteiger partial charge on any atom is 0.214 e. The largest absolute Gasteiger partial charge is 0.853 e. The SMILES string of the molecule is [O-]CCN1/C(=C/C=C/c2cc[n+](CCO)c3cc(Cl)ccc23)Sc2ccc(Br)cc21. The molecule has 3 aromatic rings. The Morgan fingerprint density at radius 2 is 2.07 bits per heavy atom. The molecule has 0 saturated heterocycles. The third-order valence-corrected chi connectivity index (χ3v) is 6.74. The number of fused-ring (bicyclic) bond motifs is 2. The molecule has 4 rings (SSSR count). The highest BCUT2D eigenvalue weighted by atomic mass is 79.9. The molecule has 0 saturated carbocycles. The molecule has 7 heteroatoms. The molecule has 0 fully saturated rings. The number of allylic oxidation sites excluding steroid dienone is 2. The van der Waals surface area contributed by atoms with Crippen molar-refractivity contribution >= 4 is 62.0 Å². The molecule has 0 unspecified atom stereocenters.